The molecule has 1 aromatic rings. The van der Waals surface area contributed by atoms with Crippen molar-refractivity contribution in [3.05, 3.63) is 23.9 Å². The summed E-state index contributed by atoms with van der Waals surface area (Å²) in [5.41, 5.74) is 0.189. The molecule has 3 N–H and O–H groups in total. The van der Waals surface area contributed by atoms with Crippen LogP contribution in [0.3, 0.4) is 0 Å². The number of anilines is 1. The Morgan fingerprint density at radius 3 is 2.36 bits per heavy atom. The number of aromatic nitrogens is 1. The maximum atomic E-state index is 12.1. The van der Waals surface area contributed by atoms with Crippen LogP contribution in [0.15, 0.2) is 18.3 Å². The monoisotopic (exact) mass is 347 g/mol. The number of likely N-dealkylation sites (tertiary alicyclic amines) is 1. The van der Waals surface area contributed by atoms with E-state index in [9.17, 15) is 9.59 Å². The predicted molar refractivity (Wildman–Crippen MR) is 94.0 cm³/mol. The van der Waals surface area contributed by atoms with Gasteiger partial charge in [-0.25, -0.2) is 14.6 Å². The number of rotatable bonds is 4. The lowest BCUT2D eigenvalue weighted by atomic mass is 10.1. The van der Waals surface area contributed by atoms with Crippen molar-refractivity contribution in [2.45, 2.75) is 31.3 Å². The molecule has 1 aromatic heterocycles. The molecule has 1 atom stereocenters. The number of amides is 2. The number of nitrogens with one attached hydrogen (secondary N) is 2. The largest absolute Gasteiger partial charge is 0.478 e. The van der Waals surface area contributed by atoms with Gasteiger partial charge in [-0.2, -0.15) is 0 Å². The van der Waals surface area contributed by atoms with E-state index < -0.39 is 5.97 Å². The highest BCUT2D eigenvalue weighted by molar-refractivity contribution is 5.87. The first-order valence-electron chi connectivity index (χ1n) is 8.71. The van der Waals surface area contributed by atoms with E-state index in [4.69, 9.17) is 5.11 Å². The van der Waals surface area contributed by atoms with Gasteiger partial charge in [-0.15, -0.1) is 0 Å². The zero-order chi connectivity index (χ0) is 17.8. The Balaban J connectivity index is 1.43. The van der Waals surface area contributed by atoms with Crippen molar-refractivity contribution in [3.8, 4) is 0 Å². The number of carboxylic acids is 1. The number of likely N-dealkylation sites (N-methyl/N-ethyl adjacent to an activating group) is 1. The molecule has 8 nitrogen and oxygen atoms in total. The Bertz CT molecular complexity index is 613. The first-order chi connectivity index (χ1) is 12.0. The van der Waals surface area contributed by atoms with E-state index in [2.05, 4.69) is 32.5 Å². The summed E-state index contributed by atoms with van der Waals surface area (Å²) in [7, 11) is 2.06. The lowest BCUT2D eigenvalue weighted by Gasteiger charge is -2.33. The van der Waals surface area contributed by atoms with Gasteiger partial charge >= 0.3 is 12.0 Å². The summed E-state index contributed by atoms with van der Waals surface area (Å²) in [6.07, 6.45) is 4.08. The molecule has 2 saturated heterocycles. The van der Waals surface area contributed by atoms with Crippen LogP contribution < -0.4 is 15.5 Å². The van der Waals surface area contributed by atoms with E-state index in [0.717, 1.165) is 51.3 Å². The SMILES string of the molecule is CN1CC[C@@H](NC(=O)NC2CCN(c3ccc(C(=O)O)cn3)CC2)C1. The van der Waals surface area contributed by atoms with E-state index in [1.165, 1.54) is 6.20 Å². The van der Waals surface area contributed by atoms with E-state index >= 15 is 0 Å². The molecular weight excluding hydrogens is 322 g/mol. The van der Waals surface area contributed by atoms with Crippen LogP contribution in [-0.2, 0) is 0 Å². The highest BCUT2D eigenvalue weighted by atomic mass is 16.4. The molecule has 2 aliphatic rings. The van der Waals surface area contributed by atoms with Crippen LogP contribution >= 0.6 is 0 Å². The molecule has 8 heteroatoms. The van der Waals surface area contributed by atoms with Crippen LogP contribution in [-0.4, -0.2) is 72.3 Å². The van der Waals surface area contributed by atoms with Crippen LogP contribution in [0.5, 0.6) is 0 Å². The number of carbonyl (C=O) groups excluding carboxylic acids is 1. The van der Waals surface area contributed by atoms with Gasteiger partial charge in [0.1, 0.15) is 5.82 Å². The molecule has 136 valence electrons. The third-order valence-electron chi connectivity index (χ3n) is 4.88. The minimum Gasteiger partial charge on any atom is -0.478 e. The van der Waals surface area contributed by atoms with Crippen LogP contribution in [0.25, 0.3) is 0 Å². The van der Waals surface area contributed by atoms with Gasteiger partial charge in [0.15, 0.2) is 0 Å². The zero-order valence-corrected chi connectivity index (χ0v) is 14.4. The minimum absolute atomic E-state index is 0.0808. The summed E-state index contributed by atoms with van der Waals surface area (Å²) in [6.45, 7) is 3.51. The van der Waals surface area contributed by atoms with Crippen LogP contribution in [0.2, 0.25) is 0 Å². The van der Waals surface area contributed by atoms with Gasteiger partial charge in [-0.3, -0.25) is 0 Å². The zero-order valence-electron chi connectivity index (χ0n) is 14.4. The molecule has 0 unspecified atom stereocenters. The van der Waals surface area contributed by atoms with Crippen molar-refractivity contribution in [1.29, 1.82) is 0 Å². The molecule has 0 spiro atoms. The van der Waals surface area contributed by atoms with Crippen molar-refractivity contribution in [1.82, 2.24) is 20.5 Å². The summed E-state index contributed by atoms with van der Waals surface area (Å²) < 4.78 is 0. The molecule has 0 radical (unpaired) electrons. The van der Waals surface area contributed by atoms with Gasteiger partial charge < -0.3 is 25.5 Å². The Kier molecular flexibility index (Phi) is 5.37. The second kappa shape index (κ2) is 7.69. The quantitative estimate of drug-likeness (QED) is 0.744. The van der Waals surface area contributed by atoms with Gasteiger partial charge in [-0.1, -0.05) is 0 Å². The summed E-state index contributed by atoms with van der Waals surface area (Å²) in [5, 5.41) is 15.0. The highest BCUT2D eigenvalue weighted by Crippen LogP contribution is 2.18. The number of pyridine rings is 1. The molecule has 2 amide bonds. The van der Waals surface area contributed by atoms with Gasteiger partial charge in [0.05, 0.1) is 5.56 Å². The Labute approximate surface area is 147 Å². The van der Waals surface area contributed by atoms with E-state index in [1.807, 2.05) is 0 Å². The smallest absolute Gasteiger partial charge is 0.337 e. The van der Waals surface area contributed by atoms with Crippen molar-refractivity contribution in [3.63, 3.8) is 0 Å². The average Bonchev–Trinajstić information content (AvgIpc) is 3.00. The second-order valence-electron chi connectivity index (χ2n) is 6.84. The summed E-state index contributed by atoms with van der Waals surface area (Å²) in [6, 6.07) is 3.63. The highest BCUT2D eigenvalue weighted by Gasteiger charge is 2.24. The van der Waals surface area contributed by atoms with E-state index in [-0.39, 0.29) is 23.7 Å². The number of aromatic carboxylic acids is 1. The molecule has 0 aromatic carbocycles. The summed E-state index contributed by atoms with van der Waals surface area (Å²) >= 11 is 0. The van der Waals surface area contributed by atoms with Crippen LogP contribution in [0.1, 0.15) is 29.6 Å². The number of hydrogen-bond acceptors (Lipinski definition) is 5. The fourth-order valence-electron chi connectivity index (χ4n) is 3.42. The summed E-state index contributed by atoms with van der Waals surface area (Å²) in [4.78, 5) is 31.5. The topological polar surface area (TPSA) is 97.8 Å². The Hall–Kier alpha value is -2.35. The summed E-state index contributed by atoms with van der Waals surface area (Å²) in [5.74, 6) is -0.191. The third-order valence-corrected chi connectivity index (χ3v) is 4.88. The fourth-order valence-corrected chi connectivity index (χ4v) is 3.42. The molecular formula is C17H25N5O3. The Morgan fingerprint density at radius 2 is 1.80 bits per heavy atom. The fraction of sp³-hybridized carbons (Fsp3) is 0.588. The van der Waals surface area contributed by atoms with Crippen molar-refractivity contribution < 1.29 is 14.7 Å². The molecule has 3 heterocycles. The van der Waals surface area contributed by atoms with Crippen LogP contribution in [0, 0.1) is 0 Å². The first-order valence-corrected chi connectivity index (χ1v) is 8.71. The number of nitrogens with zero attached hydrogens (tertiary/aromatic N) is 3. The second-order valence-corrected chi connectivity index (χ2v) is 6.84. The number of piperidine rings is 1. The third kappa shape index (κ3) is 4.60. The maximum absolute atomic E-state index is 12.1. The lowest BCUT2D eigenvalue weighted by molar-refractivity contribution is 0.0696. The molecule has 2 fully saturated rings. The standard InChI is InChI=1S/C17H25N5O3/c1-21-7-4-14(11-21)20-17(25)19-13-5-8-22(9-6-13)15-3-2-12(10-18-15)16(23)24/h2-3,10,13-14H,4-9,11H2,1H3,(H,23,24)(H2,19,20,25)/t14-/m1/s1. The lowest BCUT2D eigenvalue weighted by Crippen LogP contribution is -2.50. The van der Waals surface area contributed by atoms with Crippen molar-refractivity contribution >= 4 is 17.8 Å². The van der Waals surface area contributed by atoms with Crippen molar-refractivity contribution in [2.75, 3.05) is 38.1 Å². The number of carbonyl (C=O) groups is 2. The molecule has 0 saturated carbocycles. The van der Waals surface area contributed by atoms with Crippen LogP contribution in [0.4, 0.5) is 10.6 Å². The van der Waals surface area contributed by atoms with Gasteiger partial charge in [0, 0.05) is 37.9 Å². The van der Waals surface area contributed by atoms with E-state index in [1.54, 1.807) is 12.1 Å². The molecule has 3 rings (SSSR count). The molecule has 0 aliphatic carbocycles. The first kappa shape index (κ1) is 17.5. The molecule has 25 heavy (non-hydrogen) atoms. The van der Waals surface area contributed by atoms with Gasteiger partial charge in [-0.05, 0) is 45.0 Å². The van der Waals surface area contributed by atoms with Gasteiger partial charge in [0.25, 0.3) is 0 Å². The van der Waals surface area contributed by atoms with Crippen molar-refractivity contribution in [2.24, 2.45) is 0 Å². The normalized spacial score (nSPS) is 22.0. The number of hydrogen-bond donors (Lipinski definition) is 3. The number of urea groups is 1. The maximum Gasteiger partial charge on any atom is 0.337 e. The Morgan fingerprint density at radius 1 is 1.12 bits per heavy atom. The van der Waals surface area contributed by atoms with Gasteiger partial charge in [0.2, 0.25) is 0 Å². The minimum atomic E-state index is -0.971. The number of carboxylic acid groups (broad SMARTS) is 1. The van der Waals surface area contributed by atoms with E-state index in [0.29, 0.717) is 0 Å². The molecule has 0 bridgehead atoms. The average molecular weight is 347 g/mol. The molecule has 2 aliphatic heterocycles. The predicted octanol–water partition coefficient (Wildman–Crippen LogP) is 0.752.